The first-order chi connectivity index (χ1) is 13.8. The second kappa shape index (κ2) is 8.15. The molecule has 0 aliphatic carbocycles. The standard InChI is InChI=1S/C19H17N5O4S/c1-12(25)20-18-22-17(23-19(24-18)21-13(2)26)14-8-10-16(11-9-14)29(27,28)15-6-4-3-5-7-15/h3-11H,1-2H3,(H2,20,21,22,23,24,25,26). The van der Waals surface area contributed by atoms with E-state index >= 15 is 0 Å². The van der Waals surface area contributed by atoms with Gasteiger partial charge in [0, 0.05) is 19.4 Å². The average molecular weight is 411 g/mol. The van der Waals surface area contributed by atoms with Crippen LogP contribution in [-0.2, 0) is 19.4 Å². The third kappa shape index (κ3) is 4.79. The molecule has 0 bridgehead atoms. The first-order valence-electron chi connectivity index (χ1n) is 8.47. The molecule has 0 unspecified atom stereocenters. The minimum absolute atomic E-state index is 0.0350. The van der Waals surface area contributed by atoms with E-state index in [9.17, 15) is 18.0 Å². The van der Waals surface area contributed by atoms with E-state index in [1.807, 2.05) is 0 Å². The summed E-state index contributed by atoms with van der Waals surface area (Å²) in [6.07, 6.45) is 0. The average Bonchev–Trinajstić information content (AvgIpc) is 2.67. The fraction of sp³-hybridized carbons (Fsp3) is 0.105. The highest BCUT2D eigenvalue weighted by molar-refractivity contribution is 7.91. The normalized spacial score (nSPS) is 11.0. The van der Waals surface area contributed by atoms with Crippen LogP contribution < -0.4 is 10.6 Å². The van der Waals surface area contributed by atoms with Gasteiger partial charge < -0.3 is 0 Å². The van der Waals surface area contributed by atoms with Gasteiger partial charge in [0.05, 0.1) is 9.79 Å². The number of benzene rings is 2. The maximum atomic E-state index is 12.7. The van der Waals surface area contributed by atoms with Crippen LogP contribution >= 0.6 is 0 Å². The van der Waals surface area contributed by atoms with E-state index in [1.54, 1.807) is 30.3 Å². The van der Waals surface area contributed by atoms with Crippen LogP contribution in [0.5, 0.6) is 0 Å². The zero-order valence-electron chi connectivity index (χ0n) is 15.6. The fourth-order valence-corrected chi connectivity index (χ4v) is 3.73. The Labute approximate surface area is 167 Å². The third-order valence-electron chi connectivity index (χ3n) is 3.69. The molecule has 0 atom stereocenters. The topological polar surface area (TPSA) is 131 Å². The number of nitrogens with one attached hydrogen (secondary N) is 2. The Hall–Kier alpha value is -3.66. The number of anilines is 2. The lowest BCUT2D eigenvalue weighted by Gasteiger charge is -2.09. The molecular formula is C19H17N5O4S. The van der Waals surface area contributed by atoms with E-state index in [0.29, 0.717) is 5.56 Å². The van der Waals surface area contributed by atoms with Gasteiger partial charge in [0.15, 0.2) is 5.82 Å². The molecule has 29 heavy (non-hydrogen) atoms. The van der Waals surface area contributed by atoms with E-state index in [2.05, 4.69) is 25.6 Å². The van der Waals surface area contributed by atoms with Gasteiger partial charge in [-0.05, 0) is 36.4 Å². The second-order valence-electron chi connectivity index (χ2n) is 6.01. The molecule has 0 aliphatic rings. The van der Waals surface area contributed by atoms with Crippen LogP contribution in [-0.4, -0.2) is 35.2 Å². The lowest BCUT2D eigenvalue weighted by molar-refractivity contribution is -0.115. The van der Waals surface area contributed by atoms with Crippen molar-refractivity contribution in [1.82, 2.24) is 15.0 Å². The molecule has 148 valence electrons. The lowest BCUT2D eigenvalue weighted by atomic mass is 10.2. The predicted octanol–water partition coefficient (Wildman–Crippen LogP) is 2.29. The van der Waals surface area contributed by atoms with Crippen LogP contribution in [0.1, 0.15) is 13.8 Å². The molecule has 0 aliphatic heterocycles. The Morgan fingerprint density at radius 1 is 0.724 bits per heavy atom. The summed E-state index contributed by atoms with van der Waals surface area (Å²) in [5.74, 6) is -0.684. The zero-order valence-corrected chi connectivity index (χ0v) is 16.4. The van der Waals surface area contributed by atoms with Crippen molar-refractivity contribution in [3.05, 3.63) is 54.6 Å². The van der Waals surface area contributed by atoms with Gasteiger partial charge in [0.1, 0.15) is 0 Å². The number of carbonyl (C=O) groups excluding carboxylic acids is 2. The molecule has 3 aromatic rings. The highest BCUT2D eigenvalue weighted by Crippen LogP contribution is 2.24. The Balaban J connectivity index is 1.98. The van der Waals surface area contributed by atoms with Crippen molar-refractivity contribution < 1.29 is 18.0 Å². The van der Waals surface area contributed by atoms with E-state index in [4.69, 9.17) is 0 Å². The Morgan fingerprint density at radius 3 is 1.69 bits per heavy atom. The molecule has 0 fully saturated rings. The quantitative estimate of drug-likeness (QED) is 0.658. The minimum atomic E-state index is -3.65. The summed E-state index contributed by atoms with van der Waals surface area (Å²) in [5, 5.41) is 4.87. The van der Waals surface area contributed by atoms with Crippen molar-refractivity contribution in [1.29, 1.82) is 0 Å². The number of sulfone groups is 1. The molecule has 2 amide bonds. The number of hydrogen-bond acceptors (Lipinski definition) is 7. The number of carbonyl (C=O) groups is 2. The largest absolute Gasteiger partial charge is 0.295 e. The third-order valence-corrected chi connectivity index (χ3v) is 5.47. The number of nitrogens with zero attached hydrogens (tertiary/aromatic N) is 3. The monoisotopic (exact) mass is 411 g/mol. The second-order valence-corrected chi connectivity index (χ2v) is 7.96. The molecule has 1 aromatic heterocycles. The number of amides is 2. The highest BCUT2D eigenvalue weighted by Gasteiger charge is 2.18. The van der Waals surface area contributed by atoms with Crippen LogP contribution in [0.15, 0.2) is 64.4 Å². The van der Waals surface area contributed by atoms with Gasteiger partial charge in [-0.25, -0.2) is 8.42 Å². The van der Waals surface area contributed by atoms with E-state index in [-0.39, 0.29) is 39.3 Å². The van der Waals surface area contributed by atoms with Crippen molar-refractivity contribution in [3.8, 4) is 11.4 Å². The maximum absolute atomic E-state index is 12.7. The minimum Gasteiger partial charge on any atom is -0.295 e. The summed E-state index contributed by atoms with van der Waals surface area (Å²) in [4.78, 5) is 35.2. The van der Waals surface area contributed by atoms with Crippen molar-refractivity contribution >= 4 is 33.5 Å². The number of hydrogen-bond donors (Lipinski definition) is 2. The first kappa shape index (κ1) is 20.1. The van der Waals surface area contributed by atoms with E-state index in [0.717, 1.165) is 0 Å². The first-order valence-corrected chi connectivity index (χ1v) is 9.96. The number of aromatic nitrogens is 3. The van der Waals surface area contributed by atoms with Gasteiger partial charge in [-0.1, -0.05) is 18.2 Å². The summed E-state index contributed by atoms with van der Waals surface area (Å²) in [6, 6.07) is 14.1. The van der Waals surface area contributed by atoms with Crippen molar-refractivity contribution in [2.45, 2.75) is 23.6 Å². The van der Waals surface area contributed by atoms with Crippen LogP contribution in [0, 0.1) is 0 Å². The van der Waals surface area contributed by atoms with Crippen molar-refractivity contribution in [2.75, 3.05) is 10.6 Å². The molecule has 0 spiro atoms. The van der Waals surface area contributed by atoms with Gasteiger partial charge >= 0.3 is 0 Å². The fourth-order valence-electron chi connectivity index (χ4n) is 2.45. The SMILES string of the molecule is CC(=O)Nc1nc(NC(C)=O)nc(-c2ccc(S(=O)(=O)c3ccccc3)cc2)n1. The molecule has 10 heteroatoms. The van der Waals surface area contributed by atoms with Gasteiger partial charge in [-0.3, -0.25) is 20.2 Å². The summed E-state index contributed by atoms with van der Waals surface area (Å²) in [5.41, 5.74) is 0.484. The van der Waals surface area contributed by atoms with Crippen molar-refractivity contribution in [3.63, 3.8) is 0 Å². The van der Waals surface area contributed by atoms with Gasteiger partial charge in [0.25, 0.3) is 0 Å². The highest BCUT2D eigenvalue weighted by atomic mass is 32.2. The molecule has 9 nitrogen and oxygen atoms in total. The molecule has 2 aromatic carbocycles. The van der Waals surface area contributed by atoms with Gasteiger partial charge in [-0.15, -0.1) is 0 Å². The molecule has 0 radical (unpaired) electrons. The van der Waals surface area contributed by atoms with Crippen LogP contribution in [0.3, 0.4) is 0 Å². The smallest absolute Gasteiger partial charge is 0.234 e. The van der Waals surface area contributed by atoms with E-state index < -0.39 is 9.84 Å². The summed E-state index contributed by atoms with van der Waals surface area (Å²) in [7, 11) is -3.65. The Morgan fingerprint density at radius 2 is 1.21 bits per heavy atom. The van der Waals surface area contributed by atoms with E-state index in [1.165, 1.54) is 38.1 Å². The van der Waals surface area contributed by atoms with Crippen LogP contribution in [0.25, 0.3) is 11.4 Å². The molecule has 1 heterocycles. The molecular weight excluding hydrogens is 394 g/mol. The Bertz CT molecular complexity index is 1130. The van der Waals surface area contributed by atoms with Crippen LogP contribution in [0.4, 0.5) is 11.9 Å². The van der Waals surface area contributed by atoms with Gasteiger partial charge in [0.2, 0.25) is 33.5 Å². The maximum Gasteiger partial charge on any atom is 0.234 e. The molecule has 0 saturated heterocycles. The van der Waals surface area contributed by atoms with Crippen LogP contribution in [0.2, 0.25) is 0 Å². The summed E-state index contributed by atoms with van der Waals surface area (Å²) < 4.78 is 25.4. The summed E-state index contributed by atoms with van der Waals surface area (Å²) in [6.45, 7) is 2.59. The zero-order chi connectivity index (χ0) is 21.0. The molecule has 3 rings (SSSR count). The number of rotatable bonds is 5. The van der Waals surface area contributed by atoms with Crippen molar-refractivity contribution in [2.24, 2.45) is 0 Å². The molecule has 2 N–H and O–H groups in total. The predicted molar refractivity (Wildman–Crippen MR) is 106 cm³/mol. The van der Waals surface area contributed by atoms with Gasteiger partial charge in [-0.2, -0.15) is 15.0 Å². The molecule has 0 saturated carbocycles. The Kier molecular flexibility index (Phi) is 5.64. The lowest BCUT2D eigenvalue weighted by Crippen LogP contribution is -2.15. The summed E-state index contributed by atoms with van der Waals surface area (Å²) >= 11 is 0.